The van der Waals surface area contributed by atoms with E-state index in [-0.39, 0.29) is 29.5 Å². The smallest absolute Gasteiger partial charge is 0.237 e. The van der Waals surface area contributed by atoms with Gasteiger partial charge < -0.3 is 4.90 Å². The minimum atomic E-state index is -0.278. The zero-order valence-corrected chi connectivity index (χ0v) is 16.9. The third-order valence-electron chi connectivity index (χ3n) is 4.91. The second-order valence-corrected chi connectivity index (χ2v) is 8.21. The molecule has 28 heavy (non-hydrogen) atoms. The van der Waals surface area contributed by atoms with Gasteiger partial charge in [-0.1, -0.05) is 43.7 Å². The van der Waals surface area contributed by atoms with E-state index < -0.39 is 0 Å². The fourth-order valence-corrected chi connectivity index (χ4v) is 4.65. The van der Waals surface area contributed by atoms with Crippen molar-refractivity contribution in [3.05, 3.63) is 71.3 Å². The van der Waals surface area contributed by atoms with Crippen molar-refractivity contribution < 1.29 is 13.6 Å². The molecule has 1 saturated heterocycles. The number of nitrogens with zero attached hydrogens (tertiary/aromatic N) is 2. The van der Waals surface area contributed by atoms with Gasteiger partial charge in [-0.25, -0.2) is 8.78 Å². The molecule has 0 radical (unpaired) electrons. The second kappa shape index (κ2) is 10.0. The lowest BCUT2D eigenvalue weighted by atomic mass is 10.1. The summed E-state index contributed by atoms with van der Waals surface area (Å²) < 4.78 is 27.3. The maximum Gasteiger partial charge on any atom is 0.237 e. The van der Waals surface area contributed by atoms with Crippen molar-refractivity contribution in [2.24, 2.45) is 0 Å². The van der Waals surface area contributed by atoms with Crippen molar-refractivity contribution in [2.75, 3.05) is 25.4 Å². The van der Waals surface area contributed by atoms with Gasteiger partial charge in [-0.05, 0) is 36.7 Å². The third kappa shape index (κ3) is 5.32. The summed E-state index contributed by atoms with van der Waals surface area (Å²) in [6.45, 7) is 4.20. The minimum Gasteiger partial charge on any atom is -0.325 e. The van der Waals surface area contributed by atoms with Crippen LogP contribution in [-0.4, -0.2) is 41.1 Å². The Labute approximate surface area is 169 Å². The van der Waals surface area contributed by atoms with E-state index in [2.05, 4.69) is 6.92 Å². The van der Waals surface area contributed by atoms with Gasteiger partial charge in [0.1, 0.15) is 17.0 Å². The van der Waals surface area contributed by atoms with Crippen LogP contribution in [0.1, 0.15) is 36.3 Å². The zero-order valence-electron chi connectivity index (χ0n) is 16.1. The Bertz CT molecular complexity index is 784. The summed E-state index contributed by atoms with van der Waals surface area (Å²) in [4.78, 5) is 16.9. The van der Waals surface area contributed by atoms with Gasteiger partial charge in [-0.3, -0.25) is 9.69 Å². The number of halogens is 2. The van der Waals surface area contributed by atoms with E-state index in [1.54, 1.807) is 36.0 Å². The first-order valence-electron chi connectivity index (χ1n) is 9.70. The van der Waals surface area contributed by atoms with E-state index in [9.17, 15) is 13.6 Å². The Balaban J connectivity index is 1.69. The summed E-state index contributed by atoms with van der Waals surface area (Å²) in [5.74, 6) is 0.375. The molecule has 0 spiro atoms. The lowest BCUT2D eigenvalue weighted by Crippen LogP contribution is -2.40. The number of carbonyl (C=O) groups excluding carboxylic acids is 1. The molecular formula is C22H26F2N2OS. The largest absolute Gasteiger partial charge is 0.325 e. The average Bonchev–Trinajstić information content (AvgIpc) is 3.18. The predicted octanol–water partition coefficient (Wildman–Crippen LogP) is 4.84. The van der Waals surface area contributed by atoms with Gasteiger partial charge in [-0.15, -0.1) is 11.8 Å². The van der Waals surface area contributed by atoms with E-state index >= 15 is 0 Å². The van der Waals surface area contributed by atoms with Crippen LogP contribution in [0.5, 0.6) is 0 Å². The number of hydrogen-bond acceptors (Lipinski definition) is 3. The van der Waals surface area contributed by atoms with E-state index in [1.807, 2.05) is 15.9 Å². The summed E-state index contributed by atoms with van der Waals surface area (Å²) in [5, 5.41) is -0.0883. The highest BCUT2D eigenvalue weighted by molar-refractivity contribution is 7.99. The highest BCUT2D eigenvalue weighted by atomic mass is 32.2. The van der Waals surface area contributed by atoms with Crippen molar-refractivity contribution in [3.8, 4) is 0 Å². The van der Waals surface area contributed by atoms with Gasteiger partial charge in [-0.2, -0.15) is 0 Å². The first-order valence-corrected chi connectivity index (χ1v) is 10.8. The van der Waals surface area contributed by atoms with Crippen LogP contribution < -0.4 is 0 Å². The fraction of sp³-hybridized carbons (Fsp3) is 0.409. The number of unbranched alkanes of at least 4 members (excludes halogenated alkanes) is 1. The fourth-order valence-electron chi connectivity index (χ4n) is 3.37. The van der Waals surface area contributed by atoms with Crippen LogP contribution in [-0.2, 0) is 11.3 Å². The van der Waals surface area contributed by atoms with E-state index in [0.29, 0.717) is 18.7 Å². The lowest BCUT2D eigenvalue weighted by molar-refractivity contribution is -0.132. The summed E-state index contributed by atoms with van der Waals surface area (Å²) in [6, 6.07) is 13.1. The molecule has 3 rings (SSSR count). The number of amides is 1. The molecule has 2 aromatic carbocycles. The molecule has 3 nitrogen and oxygen atoms in total. The summed E-state index contributed by atoms with van der Waals surface area (Å²) in [5.41, 5.74) is 1.55. The molecule has 0 aliphatic carbocycles. The third-order valence-corrected chi connectivity index (χ3v) is 6.17. The molecular weight excluding hydrogens is 378 g/mol. The normalized spacial score (nSPS) is 16.7. The van der Waals surface area contributed by atoms with Crippen molar-refractivity contribution in [2.45, 2.75) is 31.7 Å². The maximum atomic E-state index is 14.1. The molecule has 0 bridgehead atoms. The Morgan fingerprint density at radius 2 is 1.93 bits per heavy atom. The standard InChI is InChI=1S/C22H26F2N2OS/c1-2-3-12-25(15-18-6-4-5-7-20(18)24)16-21(27)26-13-14-28-22(26)17-8-10-19(23)11-9-17/h4-11,22H,2-3,12-16H2,1H3. The second-order valence-electron chi connectivity index (χ2n) is 7.02. The minimum absolute atomic E-state index is 0.0340. The monoisotopic (exact) mass is 404 g/mol. The van der Waals surface area contributed by atoms with Crippen molar-refractivity contribution in [3.63, 3.8) is 0 Å². The van der Waals surface area contributed by atoms with Gasteiger partial charge in [0.25, 0.3) is 0 Å². The van der Waals surface area contributed by atoms with Gasteiger partial charge in [0.2, 0.25) is 5.91 Å². The zero-order chi connectivity index (χ0) is 19.9. The number of benzene rings is 2. The Hall–Kier alpha value is -1.92. The summed E-state index contributed by atoms with van der Waals surface area (Å²) >= 11 is 1.69. The number of thioether (sulfide) groups is 1. The van der Waals surface area contributed by atoms with E-state index in [0.717, 1.165) is 30.7 Å². The number of rotatable bonds is 8. The molecule has 1 aliphatic rings. The lowest BCUT2D eigenvalue weighted by Gasteiger charge is -2.28. The molecule has 0 saturated carbocycles. The molecule has 6 heteroatoms. The predicted molar refractivity (Wildman–Crippen MR) is 110 cm³/mol. The van der Waals surface area contributed by atoms with Crippen LogP contribution in [0.15, 0.2) is 48.5 Å². The van der Waals surface area contributed by atoms with Crippen molar-refractivity contribution in [1.29, 1.82) is 0 Å². The van der Waals surface area contributed by atoms with Crippen LogP contribution in [0.4, 0.5) is 8.78 Å². The van der Waals surface area contributed by atoms with Crippen LogP contribution in [0.25, 0.3) is 0 Å². The van der Waals surface area contributed by atoms with Crippen LogP contribution in [0.2, 0.25) is 0 Å². The quantitative estimate of drug-likeness (QED) is 0.629. The van der Waals surface area contributed by atoms with Crippen LogP contribution >= 0.6 is 11.8 Å². The first-order chi connectivity index (χ1) is 13.6. The molecule has 1 heterocycles. The summed E-state index contributed by atoms with van der Waals surface area (Å²) in [6.07, 6.45) is 1.97. The van der Waals surface area contributed by atoms with Gasteiger partial charge >= 0.3 is 0 Å². The molecule has 150 valence electrons. The molecule has 0 aromatic heterocycles. The Kier molecular flexibility index (Phi) is 7.45. The van der Waals surface area contributed by atoms with Crippen LogP contribution in [0, 0.1) is 11.6 Å². The van der Waals surface area contributed by atoms with Crippen molar-refractivity contribution >= 4 is 17.7 Å². The number of carbonyl (C=O) groups is 1. The number of hydrogen-bond donors (Lipinski definition) is 0. The molecule has 1 fully saturated rings. The van der Waals surface area contributed by atoms with Gasteiger partial charge in [0.15, 0.2) is 0 Å². The van der Waals surface area contributed by atoms with Gasteiger partial charge in [0.05, 0.1) is 6.54 Å². The molecule has 2 aromatic rings. The highest BCUT2D eigenvalue weighted by Gasteiger charge is 2.31. The van der Waals surface area contributed by atoms with Crippen molar-refractivity contribution in [1.82, 2.24) is 9.80 Å². The molecule has 1 unspecified atom stereocenters. The topological polar surface area (TPSA) is 23.6 Å². The Morgan fingerprint density at radius 1 is 1.18 bits per heavy atom. The average molecular weight is 405 g/mol. The van der Waals surface area contributed by atoms with Gasteiger partial charge in [0, 0.05) is 24.4 Å². The van der Waals surface area contributed by atoms with E-state index in [1.165, 1.54) is 18.2 Å². The molecule has 1 aliphatic heterocycles. The van der Waals surface area contributed by atoms with Crippen LogP contribution in [0.3, 0.4) is 0 Å². The molecule has 1 atom stereocenters. The SMILES string of the molecule is CCCCN(CC(=O)N1CCSC1c1ccc(F)cc1)Cc1ccccc1F. The first kappa shape index (κ1) is 20.8. The Morgan fingerprint density at radius 3 is 2.64 bits per heavy atom. The molecule has 1 amide bonds. The highest BCUT2D eigenvalue weighted by Crippen LogP contribution is 2.38. The molecule has 0 N–H and O–H groups in total. The maximum absolute atomic E-state index is 14.1. The summed E-state index contributed by atoms with van der Waals surface area (Å²) in [7, 11) is 0. The van der Waals surface area contributed by atoms with E-state index in [4.69, 9.17) is 0 Å².